The van der Waals surface area contributed by atoms with E-state index >= 15 is 0 Å². The Balaban J connectivity index is 2.04. The fourth-order valence-electron chi connectivity index (χ4n) is 1.99. The van der Waals surface area contributed by atoms with Crippen LogP contribution in [-0.2, 0) is 0 Å². The summed E-state index contributed by atoms with van der Waals surface area (Å²) in [5.41, 5.74) is 0.363. The lowest BCUT2D eigenvalue weighted by atomic mass is 10.2. The summed E-state index contributed by atoms with van der Waals surface area (Å²) in [5.74, 6) is -0.0997. The van der Waals surface area contributed by atoms with Crippen molar-refractivity contribution in [3.63, 3.8) is 0 Å². The van der Waals surface area contributed by atoms with E-state index in [1.165, 1.54) is 18.2 Å². The van der Waals surface area contributed by atoms with E-state index in [4.69, 9.17) is 0 Å². The molecule has 0 spiro atoms. The summed E-state index contributed by atoms with van der Waals surface area (Å²) < 4.78 is 40.8. The molecule has 104 valence electrons. The van der Waals surface area contributed by atoms with Gasteiger partial charge in [-0.1, -0.05) is 6.07 Å². The molecule has 0 saturated carbocycles. The molecular weight excluding hydrogens is 259 g/mol. The lowest BCUT2D eigenvalue weighted by Crippen LogP contribution is -2.27. The standard InChI is InChI=1S/C13H14F3NO2/c14-13(15,16)9-19-11-5-3-4-10(8-11)12(18)17-6-1-2-7-17/h3-5,8H,1-2,6-7,9H2. The summed E-state index contributed by atoms with van der Waals surface area (Å²) in [6, 6.07) is 5.87. The van der Waals surface area contributed by atoms with Crippen LogP contribution in [0.15, 0.2) is 24.3 Å². The smallest absolute Gasteiger partial charge is 0.422 e. The van der Waals surface area contributed by atoms with Crippen LogP contribution >= 0.6 is 0 Å². The van der Waals surface area contributed by atoms with E-state index in [1.807, 2.05) is 0 Å². The van der Waals surface area contributed by atoms with E-state index in [0.717, 1.165) is 12.8 Å². The first-order chi connectivity index (χ1) is 8.96. The maximum atomic E-state index is 12.0. The van der Waals surface area contributed by atoms with Gasteiger partial charge in [0.05, 0.1) is 0 Å². The number of halogens is 3. The predicted octanol–water partition coefficient (Wildman–Crippen LogP) is 2.86. The van der Waals surface area contributed by atoms with E-state index in [0.29, 0.717) is 18.7 Å². The number of alkyl halides is 3. The first-order valence-electron chi connectivity index (χ1n) is 6.04. The highest BCUT2D eigenvalue weighted by Crippen LogP contribution is 2.21. The molecule has 1 heterocycles. The number of rotatable bonds is 3. The summed E-state index contributed by atoms with van der Waals surface area (Å²) >= 11 is 0. The van der Waals surface area contributed by atoms with Crippen LogP contribution < -0.4 is 4.74 Å². The fraction of sp³-hybridized carbons (Fsp3) is 0.462. The van der Waals surface area contributed by atoms with Gasteiger partial charge in [-0.05, 0) is 31.0 Å². The second-order valence-electron chi connectivity index (χ2n) is 4.43. The van der Waals surface area contributed by atoms with Gasteiger partial charge < -0.3 is 9.64 Å². The summed E-state index contributed by atoms with van der Waals surface area (Å²) in [4.78, 5) is 13.7. The first kappa shape index (κ1) is 13.7. The molecule has 1 saturated heterocycles. The van der Waals surface area contributed by atoms with Gasteiger partial charge in [0.1, 0.15) is 5.75 Å². The highest BCUT2D eigenvalue weighted by Gasteiger charge is 2.28. The molecule has 1 aromatic rings. The third kappa shape index (κ3) is 3.87. The number of nitrogens with zero attached hydrogens (tertiary/aromatic N) is 1. The maximum absolute atomic E-state index is 12.0. The van der Waals surface area contributed by atoms with E-state index in [2.05, 4.69) is 4.74 Å². The van der Waals surface area contributed by atoms with Crippen LogP contribution in [0.4, 0.5) is 13.2 Å². The third-order valence-electron chi connectivity index (χ3n) is 2.88. The quantitative estimate of drug-likeness (QED) is 0.847. The Kier molecular flexibility index (Phi) is 3.97. The Hall–Kier alpha value is -1.72. The predicted molar refractivity (Wildman–Crippen MR) is 63.1 cm³/mol. The number of amides is 1. The van der Waals surface area contributed by atoms with Crippen molar-refractivity contribution in [2.45, 2.75) is 19.0 Å². The van der Waals surface area contributed by atoms with Gasteiger partial charge in [-0.2, -0.15) is 13.2 Å². The van der Waals surface area contributed by atoms with Gasteiger partial charge in [-0.25, -0.2) is 0 Å². The van der Waals surface area contributed by atoms with Gasteiger partial charge in [0.15, 0.2) is 6.61 Å². The Morgan fingerprint density at radius 2 is 1.95 bits per heavy atom. The number of ether oxygens (including phenoxy) is 1. The molecule has 1 aromatic carbocycles. The lowest BCUT2D eigenvalue weighted by molar-refractivity contribution is -0.153. The van der Waals surface area contributed by atoms with E-state index in [-0.39, 0.29) is 11.7 Å². The second-order valence-corrected chi connectivity index (χ2v) is 4.43. The zero-order chi connectivity index (χ0) is 13.9. The maximum Gasteiger partial charge on any atom is 0.422 e. The van der Waals surface area contributed by atoms with Crippen LogP contribution in [0.25, 0.3) is 0 Å². The molecule has 0 aliphatic carbocycles. The highest BCUT2D eigenvalue weighted by atomic mass is 19.4. The van der Waals surface area contributed by atoms with Crippen LogP contribution in [0, 0.1) is 0 Å². The molecule has 2 rings (SSSR count). The summed E-state index contributed by atoms with van der Waals surface area (Å²) in [6.07, 6.45) is -2.44. The van der Waals surface area contributed by atoms with Crippen LogP contribution in [0.3, 0.4) is 0 Å². The molecule has 1 fully saturated rings. The van der Waals surface area contributed by atoms with Crippen molar-refractivity contribution in [2.24, 2.45) is 0 Å². The average Bonchev–Trinajstić information content (AvgIpc) is 2.89. The minimum absolute atomic E-state index is 0.0578. The van der Waals surface area contributed by atoms with Crippen molar-refractivity contribution in [3.8, 4) is 5.75 Å². The van der Waals surface area contributed by atoms with Gasteiger partial charge >= 0.3 is 6.18 Å². The van der Waals surface area contributed by atoms with Crippen LogP contribution in [0.1, 0.15) is 23.2 Å². The molecule has 1 aliphatic heterocycles. The van der Waals surface area contributed by atoms with Crippen LogP contribution in [-0.4, -0.2) is 36.7 Å². The second kappa shape index (κ2) is 5.50. The van der Waals surface area contributed by atoms with Gasteiger partial charge in [0.2, 0.25) is 0 Å². The lowest BCUT2D eigenvalue weighted by Gasteiger charge is -2.16. The van der Waals surface area contributed by atoms with E-state index in [9.17, 15) is 18.0 Å². The first-order valence-corrected chi connectivity index (χ1v) is 6.04. The Morgan fingerprint density at radius 1 is 1.26 bits per heavy atom. The molecule has 0 N–H and O–H groups in total. The zero-order valence-corrected chi connectivity index (χ0v) is 10.2. The zero-order valence-electron chi connectivity index (χ0n) is 10.2. The van der Waals surface area contributed by atoms with E-state index < -0.39 is 12.8 Å². The van der Waals surface area contributed by atoms with Crippen molar-refractivity contribution in [1.82, 2.24) is 4.90 Å². The fourth-order valence-corrected chi connectivity index (χ4v) is 1.99. The van der Waals surface area contributed by atoms with Crippen LogP contribution in [0.2, 0.25) is 0 Å². The molecule has 3 nitrogen and oxygen atoms in total. The van der Waals surface area contributed by atoms with Crippen LogP contribution in [0.5, 0.6) is 5.75 Å². The Bertz CT molecular complexity index is 453. The SMILES string of the molecule is O=C(c1cccc(OCC(F)(F)F)c1)N1CCCC1. The Morgan fingerprint density at radius 3 is 2.58 bits per heavy atom. The largest absolute Gasteiger partial charge is 0.484 e. The molecule has 0 unspecified atom stereocenters. The van der Waals surface area contributed by atoms with Crippen molar-refractivity contribution in [3.05, 3.63) is 29.8 Å². The molecular formula is C13H14F3NO2. The summed E-state index contributed by atoms with van der Waals surface area (Å²) in [5, 5.41) is 0. The third-order valence-corrected chi connectivity index (χ3v) is 2.88. The van der Waals surface area contributed by atoms with Gasteiger partial charge in [0.25, 0.3) is 5.91 Å². The molecule has 0 bridgehead atoms. The molecule has 6 heteroatoms. The Labute approximate surface area is 109 Å². The molecule has 1 amide bonds. The summed E-state index contributed by atoms with van der Waals surface area (Å²) in [6.45, 7) is 0.0489. The van der Waals surface area contributed by atoms with Crippen molar-refractivity contribution in [1.29, 1.82) is 0 Å². The number of hydrogen-bond donors (Lipinski definition) is 0. The molecule has 19 heavy (non-hydrogen) atoms. The van der Waals surface area contributed by atoms with Gasteiger partial charge in [-0.3, -0.25) is 4.79 Å². The number of benzene rings is 1. The van der Waals surface area contributed by atoms with Crippen molar-refractivity contribution >= 4 is 5.91 Å². The van der Waals surface area contributed by atoms with Crippen molar-refractivity contribution in [2.75, 3.05) is 19.7 Å². The number of likely N-dealkylation sites (tertiary alicyclic amines) is 1. The minimum atomic E-state index is -4.38. The normalized spacial score (nSPS) is 15.6. The topological polar surface area (TPSA) is 29.5 Å². The monoisotopic (exact) mass is 273 g/mol. The molecule has 0 atom stereocenters. The number of carbonyl (C=O) groups excluding carboxylic acids is 1. The van der Waals surface area contributed by atoms with Crippen molar-refractivity contribution < 1.29 is 22.7 Å². The van der Waals surface area contributed by atoms with Gasteiger partial charge in [0, 0.05) is 18.7 Å². The molecule has 0 radical (unpaired) electrons. The molecule has 0 aromatic heterocycles. The highest BCUT2D eigenvalue weighted by molar-refractivity contribution is 5.94. The van der Waals surface area contributed by atoms with E-state index in [1.54, 1.807) is 11.0 Å². The minimum Gasteiger partial charge on any atom is -0.484 e. The van der Waals surface area contributed by atoms with Gasteiger partial charge in [-0.15, -0.1) is 0 Å². The summed E-state index contributed by atoms with van der Waals surface area (Å²) in [7, 11) is 0. The number of hydrogen-bond acceptors (Lipinski definition) is 2. The molecule has 1 aliphatic rings. The average molecular weight is 273 g/mol. The number of carbonyl (C=O) groups is 1.